The lowest BCUT2D eigenvalue weighted by Crippen LogP contribution is -2.27. The number of aromatic nitrogens is 4. The Bertz CT molecular complexity index is 998. The van der Waals surface area contributed by atoms with Gasteiger partial charge in [-0.3, -0.25) is 0 Å². The van der Waals surface area contributed by atoms with E-state index in [1.54, 1.807) is 18.2 Å². The zero-order valence-electron chi connectivity index (χ0n) is 15.2. The van der Waals surface area contributed by atoms with Crippen LogP contribution in [0.3, 0.4) is 0 Å². The molecule has 0 radical (unpaired) electrons. The summed E-state index contributed by atoms with van der Waals surface area (Å²) in [6, 6.07) is 7.73. The largest absolute Gasteiger partial charge is 0.507 e. The van der Waals surface area contributed by atoms with E-state index in [-0.39, 0.29) is 28.8 Å². The van der Waals surface area contributed by atoms with E-state index >= 15 is 0 Å². The number of hydrogen-bond donors (Lipinski definition) is 2. The molecule has 2 aromatic heterocycles. The standard InChI is InChI=1S/C19H19FN6O2/c1-28-19-6-11(9-22-25-19)13-8-17(27)14(7-15(13)20)16-2-3-18(24-23-16)26-5-4-12(21)10-26/h2-3,6-9,12,27H,4-5,10,21H2,1H3/t12-/m1/s1. The van der Waals surface area contributed by atoms with Crippen LogP contribution in [0.5, 0.6) is 11.6 Å². The van der Waals surface area contributed by atoms with Crippen LogP contribution in [0, 0.1) is 5.82 Å². The van der Waals surface area contributed by atoms with Gasteiger partial charge < -0.3 is 20.5 Å². The predicted octanol–water partition coefficient (Wildman–Crippen LogP) is 1.99. The number of ether oxygens (including phenoxy) is 1. The fourth-order valence-electron chi connectivity index (χ4n) is 3.22. The quantitative estimate of drug-likeness (QED) is 0.705. The molecule has 4 rings (SSSR count). The normalized spacial score (nSPS) is 16.4. The maximum atomic E-state index is 14.7. The van der Waals surface area contributed by atoms with Crippen molar-refractivity contribution < 1.29 is 14.2 Å². The minimum atomic E-state index is -0.528. The first-order valence-electron chi connectivity index (χ1n) is 8.79. The Kier molecular flexibility index (Phi) is 4.74. The van der Waals surface area contributed by atoms with Gasteiger partial charge in [-0.1, -0.05) is 0 Å². The first-order valence-corrected chi connectivity index (χ1v) is 8.79. The molecule has 1 fully saturated rings. The number of rotatable bonds is 4. The third kappa shape index (κ3) is 3.44. The second-order valence-corrected chi connectivity index (χ2v) is 6.61. The Morgan fingerprint density at radius 2 is 2.04 bits per heavy atom. The fraction of sp³-hybridized carbons (Fsp3) is 0.263. The van der Waals surface area contributed by atoms with Crippen molar-refractivity contribution in [2.24, 2.45) is 5.73 Å². The topological polar surface area (TPSA) is 110 Å². The molecule has 0 saturated carbocycles. The molecule has 0 aliphatic carbocycles. The third-order valence-corrected chi connectivity index (χ3v) is 4.71. The summed E-state index contributed by atoms with van der Waals surface area (Å²) in [5, 5.41) is 26.3. The molecule has 0 unspecified atom stereocenters. The van der Waals surface area contributed by atoms with Crippen molar-refractivity contribution in [3.05, 3.63) is 42.3 Å². The van der Waals surface area contributed by atoms with E-state index in [9.17, 15) is 9.50 Å². The summed E-state index contributed by atoms with van der Waals surface area (Å²) in [7, 11) is 1.45. The van der Waals surface area contributed by atoms with Gasteiger partial charge in [0.2, 0.25) is 5.88 Å². The van der Waals surface area contributed by atoms with Gasteiger partial charge in [0, 0.05) is 41.9 Å². The number of aromatic hydroxyl groups is 1. The molecule has 0 spiro atoms. The highest BCUT2D eigenvalue weighted by Gasteiger charge is 2.21. The summed E-state index contributed by atoms with van der Waals surface area (Å²) in [6.07, 6.45) is 2.31. The zero-order chi connectivity index (χ0) is 19.7. The van der Waals surface area contributed by atoms with Crippen LogP contribution in [0.2, 0.25) is 0 Å². The molecule has 3 heterocycles. The zero-order valence-corrected chi connectivity index (χ0v) is 15.2. The fourth-order valence-corrected chi connectivity index (χ4v) is 3.22. The highest BCUT2D eigenvalue weighted by atomic mass is 19.1. The Labute approximate surface area is 160 Å². The molecule has 1 atom stereocenters. The van der Waals surface area contributed by atoms with Crippen LogP contribution < -0.4 is 15.4 Å². The molecule has 1 saturated heterocycles. The van der Waals surface area contributed by atoms with Crippen molar-refractivity contribution in [1.29, 1.82) is 0 Å². The molecule has 0 bridgehead atoms. The van der Waals surface area contributed by atoms with Crippen LogP contribution in [0.4, 0.5) is 10.2 Å². The number of halogens is 1. The number of anilines is 1. The Hall–Kier alpha value is -3.33. The van der Waals surface area contributed by atoms with Crippen LogP contribution in [0.15, 0.2) is 36.5 Å². The summed E-state index contributed by atoms with van der Waals surface area (Å²) in [5.74, 6) is 0.323. The predicted molar refractivity (Wildman–Crippen MR) is 101 cm³/mol. The summed E-state index contributed by atoms with van der Waals surface area (Å²) in [5.41, 5.74) is 7.18. The summed E-state index contributed by atoms with van der Waals surface area (Å²) in [6.45, 7) is 1.55. The molecule has 1 aromatic carbocycles. The van der Waals surface area contributed by atoms with E-state index in [0.717, 1.165) is 19.5 Å². The van der Waals surface area contributed by atoms with Crippen LogP contribution >= 0.6 is 0 Å². The van der Waals surface area contributed by atoms with Gasteiger partial charge in [-0.15, -0.1) is 15.3 Å². The summed E-state index contributed by atoms with van der Waals surface area (Å²) < 4.78 is 19.7. The van der Waals surface area contributed by atoms with E-state index in [4.69, 9.17) is 10.5 Å². The number of nitrogens with two attached hydrogens (primary N) is 1. The van der Waals surface area contributed by atoms with E-state index in [0.29, 0.717) is 17.1 Å². The highest BCUT2D eigenvalue weighted by Crippen LogP contribution is 2.35. The van der Waals surface area contributed by atoms with Crippen LogP contribution in [-0.2, 0) is 0 Å². The first-order chi connectivity index (χ1) is 13.5. The second-order valence-electron chi connectivity index (χ2n) is 6.61. The van der Waals surface area contributed by atoms with Crippen molar-refractivity contribution in [3.63, 3.8) is 0 Å². The van der Waals surface area contributed by atoms with Gasteiger partial charge >= 0.3 is 0 Å². The SMILES string of the molecule is COc1cc(-c2cc(O)c(-c3ccc(N4CC[C@@H](N)C4)nn3)cc2F)cnn1. The van der Waals surface area contributed by atoms with E-state index in [2.05, 4.69) is 25.3 Å². The van der Waals surface area contributed by atoms with Gasteiger partial charge in [0.15, 0.2) is 5.82 Å². The average Bonchev–Trinajstić information content (AvgIpc) is 3.16. The van der Waals surface area contributed by atoms with Gasteiger partial charge in [0.1, 0.15) is 11.6 Å². The van der Waals surface area contributed by atoms with Gasteiger partial charge in [0.05, 0.1) is 19.0 Å². The maximum Gasteiger partial charge on any atom is 0.233 e. The van der Waals surface area contributed by atoms with Gasteiger partial charge in [-0.2, -0.15) is 5.10 Å². The van der Waals surface area contributed by atoms with Gasteiger partial charge in [0.25, 0.3) is 0 Å². The molecule has 8 nitrogen and oxygen atoms in total. The van der Waals surface area contributed by atoms with Crippen molar-refractivity contribution in [2.75, 3.05) is 25.1 Å². The molecule has 0 amide bonds. The van der Waals surface area contributed by atoms with E-state index < -0.39 is 5.82 Å². The molecule has 144 valence electrons. The third-order valence-electron chi connectivity index (χ3n) is 4.71. The molecule has 3 aromatic rings. The molecule has 3 N–H and O–H groups in total. The lowest BCUT2D eigenvalue weighted by atomic mass is 10.0. The monoisotopic (exact) mass is 382 g/mol. The molecule has 1 aliphatic heterocycles. The van der Waals surface area contributed by atoms with Gasteiger partial charge in [-0.25, -0.2) is 4.39 Å². The number of phenolic OH excluding ortho intramolecular Hbond substituents is 1. The van der Waals surface area contributed by atoms with Crippen LogP contribution in [0.25, 0.3) is 22.4 Å². The number of nitrogens with zero attached hydrogens (tertiary/aromatic N) is 5. The number of methoxy groups -OCH3 is 1. The summed E-state index contributed by atoms with van der Waals surface area (Å²) in [4.78, 5) is 2.05. The van der Waals surface area contributed by atoms with Crippen molar-refractivity contribution >= 4 is 5.82 Å². The van der Waals surface area contributed by atoms with E-state index in [1.807, 2.05) is 0 Å². The lowest BCUT2D eigenvalue weighted by molar-refractivity contribution is 0.392. The molecular formula is C19H19FN6O2. The van der Waals surface area contributed by atoms with Crippen LogP contribution in [-0.4, -0.2) is 51.7 Å². The van der Waals surface area contributed by atoms with Crippen LogP contribution in [0.1, 0.15) is 6.42 Å². The molecule has 28 heavy (non-hydrogen) atoms. The second kappa shape index (κ2) is 7.35. The summed E-state index contributed by atoms with van der Waals surface area (Å²) >= 11 is 0. The first kappa shape index (κ1) is 18.1. The lowest BCUT2D eigenvalue weighted by Gasteiger charge is -2.16. The number of benzene rings is 1. The molecular weight excluding hydrogens is 363 g/mol. The highest BCUT2D eigenvalue weighted by molar-refractivity contribution is 5.75. The van der Waals surface area contributed by atoms with Crippen molar-refractivity contribution in [3.8, 4) is 34.0 Å². The Morgan fingerprint density at radius 1 is 1.18 bits per heavy atom. The Morgan fingerprint density at radius 3 is 2.71 bits per heavy atom. The maximum absolute atomic E-state index is 14.7. The minimum Gasteiger partial charge on any atom is -0.507 e. The number of phenols is 1. The molecule has 9 heteroatoms. The average molecular weight is 382 g/mol. The molecule has 1 aliphatic rings. The smallest absolute Gasteiger partial charge is 0.233 e. The number of hydrogen-bond acceptors (Lipinski definition) is 8. The van der Waals surface area contributed by atoms with E-state index in [1.165, 1.54) is 25.4 Å². The van der Waals surface area contributed by atoms with Crippen molar-refractivity contribution in [2.45, 2.75) is 12.5 Å². The Balaban J connectivity index is 1.64. The minimum absolute atomic E-state index is 0.113. The van der Waals surface area contributed by atoms with Crippen molar-refractivity contribution in [1.82, 2.24) is 20.4 Å². The van der Waals surface area contributed by atoms with Gasteiger partial charge in [-0.05, 0) is 30.7 Å².